The lowest BCUT2D eigenvalue weighted by Crippen LogP contribution is -2.60. The van der Waals surface area contributed by atoms with E-state index < -0.39 is 0 Å². The van der Waals surface area contributed by atoms with Crippen LogP contribution in [0.15, 0.2) is 12.4 Å². The Morgan fingerprint density at radius 1 is 0.926 bits per heavy atom. The maximum absolute atomic E-state index is 4.58. The van der Waals surface area contributed by atoms with Crippen LogP contribution in [-0.2, 0) is 0 Å². The van der Waals surface area contributed by atoms with Crippen molar-refractivity contribution in [3.63, 3.8) is 0 Å². The van der Waals surface area contributed by atoms with Crippen LogP contribution in [0, 0.1) is 5.41 Å². The third kappa shape index (κ3) is 4.07. The average Bonchev–Trinajstić information content (AvgIpc) is 2.66. The van der Waals surface area contributed by atoms with Gasteiger partial charge in [0.15, 0.2) is 0 Å². The van der Waals surface area contributed by atoms with Crippen molar-refractivity contribution in [2.45, 2.75) is 90.1 Å². The fraction of sp³-hybridized carbons (Fsp3) is 0.826. The molecule has 1 spiro atoms. The predicted octanol–water partition coefficient (Wildman–Crippen LogP) is 4.43. The Morgan fingerprint density at radius 2 is 1.52 bits per heavy atom. The summed E-state index contributed by atoms with van der Waals surface area (Å²) in [5, 5.41) is 0. The van der Waals surface area contributed by atoms with Gasteiger partial charge in [-0.1, -0.05) is 13.8 Å². The van der Waals surface area contributed by atoms with Crippen molar-refractivity contribution in [1.29, 1.82) is 0 Å². The minimum atomic E-state index is 0.416. The molecule has 1 aliphatic carbocycles. The van der Waals surface area contributed by atoms with Crippen LogP contribution in [0.25, 0.3) is 0 Å². The minimum Gasteiger partial charge on any atom is -0.300 e. The third-order valence-corrected chi connectivity index (χ3v) is 7.55. The Labute approximate surface area is 165 Å². The molecular formula is C23H38N4. The third-order valence-electron chi connectivity index (χ3n) is 7.55. The standard InChI is InChI=1S/C23H38N4/c1-17(2)22-24-13-20(14-25-22)19-7-11-26(12-8-19)21-5-9-23(10-6-21)15-27(16-23)18(3)4/h13-14,17-19,21H,5-12,15-16H2,1-4H3. The number of nitrogens with zero attached hydrogens (tertiary/aromatic N) is 4. The summed E-state index contributed by atoms with van der Waals surface area (Å²) in [5.41, 5.74) is 2.03. The second-order valence-corrected chi connectivity index (χ2v) is 10.1. The van der Waals surface area contributed by atoms with Crippen LogP contribution in [0.2, 0.25) is 0 Å². The Hall–Kier alpha value is -1.00. The lowest BCUT2D eigenvalue weighted by atomic mass is 9.66. The molecule has 0 amide bonds. The molecule has 0 radical (unpaired) electrons. The molecule has 0 unspecified atom stereocenters. The molecule has 2 aliphatic heterocycles. The summed E-state index contributed by atoms with van der Waals surface area (Å²) in [6.07, 6.45) is 12.5. The fourth-order valence-corrected chi connectivity index (χ4v) is 5.53. The van der Waals surface area contributed by atoms with Crippen molar-refractivity contribution >= 4 is 0 Å². The first kappa shape index (κ1) is 19.3. The summed E-state index contributed by atoms with van der Waals surface area (Å²) in [5.74, 6) is 2.04. The molecule has 4 nitrogen and oxygen atoms in total. The SMILES string of the molecule is CC(C)c1ncc(C2CCN(C3CCC4(CC3)CN(C(C)C)C4)CC2)cn1. The largest absolute Gasteiger partial charge is 0.300 e. The van der Waals surface area contributed by atoms with Crippen molar-refractivity contribution in [2.75, 3.05) is 26.2 Å². The highest BCUT2D eigenvalue weighted by molar-refractivity contribution is 5.14. The molecule has 2 saturated heterocycles. The smallest absolute Gasteiger partial charge is 0.130 e. The monoisotopic (exact) mass is 370 g/mol. The Morgan fingerprint density at radius 3 is 2.04 bits per heavy atom. The second-order valence-electron chi connectivity index (χ2n) is 10.1. The molecule has 27 heavy (non-hydrogen) atoms. The molecule has 1 saturated carbocycles. The molecule has 1 aromatic heterocycles. The molecule has 3 heterocycles. The van der Waals surface area contributed by atoms with Gasteiger partial charge in [0.25, 0.3) is 0 Å². The normalized spacial score (nSPS) is 25.4. The van der Waals surface area contributed by atoms with Gasteiger partial charge in [0.05, 0.1) is 0 Å². The van der Waals surface area contributed by atoms with E-state index in [1.807, 2.05) is 0 Å². The van der Waals surface area contributed by atoms with Gasteiger partial charge in [-0.2, -0.15) is 0 Å². The quantitative estimate of drug-likeness (QED) is 0.785. The van der Waals surface area contributed by atoms with Gasteiger partial charge in [-0.3, -0.25) is 4.90 Å². The molecule has 4 rings (SSSR count). The second kappa shape index (κ2) is 7.79. The number of likely N-dealkylation sites (tertiary alicyclic amines) is 2. The number of aromatic nitrogens is 2. The summed E-state index contributed by atoms with van der Waals surface area (Å²) in [7, 11) is 0. The van der Waals surface area contributed by atoms with Crippen molar-refractivity contribution in [1.82, 2.24) is 19.8 Å². The van der Waals surface area contributed by atoms with E-state index in [-0.39, 0.29) is 0 Å². The van der Waals surface area contributed by atoms with Gasteiger partial charge in [0.1, 0.15) is 5.82 Å². The van der Waals surface area contributed by atoms with E-state index >= 15 is 0 Å². The molecule has 0 N–H and O–H groups in total. The van der Waals surface area contributed by atoms with E-state index in [1.54, 1.807) is 0 Å². The zero-order valence-electron chi connectivity index (χ0n) is 17.8. The maximum atomic E-state index is 4.58. The Bertz CT molecular complexity index is 600. The van der Waals surface area contributed by atoms with Gasteiger partial charge in [0.2, 0.25) is 0 Å². The number of hydrogen-bond donors (Lipinski definition) is 0. The Kier molecular flexibility index (Phi) is 5.57. The van der Waals surface area contributed by atoms with Crippen LogP contribution >= 0.6 is 0 Å². The fourth-order valence-electron chi connectivity index (χ4n) is 5.53. The average molecular weight is 371 g/mol. The lowest BCUT2D eigenvalue weighted by Gasteiger charge is -2.56. The highest BCUT2D eigenvalue weighted by Gasteiger charge is 2.46. The maximum Gasteiger partial charge on any atom is 0.130 e. The van der Waals surface area contributed by atoms with Crippen LogP contribution in [0.3, 0.4) is 0 Å². The van der Waals surface area contributed by atoms with E-state index in [2.05, 4.69) is 59.9 Å². The first-order valence-corrected chi connectivity index (χ1v) is 11.3. The number of rotatable bonds is 4. The highest BCUT2D eigenvalue weighted by Crippen LogP contribution is 2.46. The van der Waals surface area contributed by atoms with E-state index in [4.69, 9.17) is 0 Å². The summed E-state index contributed by atoms with van der Waals surface area (Å²) < 4.78 is 0. The number of hydrogen-bond acceptors (Lipinski definition) is 4. The topological polar surface area (TPSA) is 32.3 Å². The van der Waals surface area contributed by atoms with Crippen LogP contribution < -0.4 is 0 Å². The van der Waals surface area contributed by atoms with Crippen molar-refractivity contribution in [2.24, 2.45) is 5.41 Å². The summed E-state index contributed by atoms with van der Waals surface area (Å²) in [4.78, 5) is 14.6. The number of piperidine rings is 1. The van der Waals surface area contributed by atoms with E-state index in [1.165, 1.54) is 70.3 Å². The molecule has 0 atom stereocenters. The van der Waals surface area contributed by atoms with Crippen molar-refractivity contribution in [3.05, 3.63) is 23.8 Å². The van der Waals surface area contributed by atoms with Crippen LogP contribution in [-0.4, -0.2) is 58.0 Å². The van der Waals surface area contributed by atoms with E-state index in [0.29, 0.717) is 17.3 Å². The molecule has 3 fully saturated rings. The van der Waals surface area contributed by atoms with Gasteiger partial charge in [-0.25, -0.2) is 9.97 Å². The first-order chi connectivity index (χ1) is 13.0. The molecule has 0 aromatic carbocycles. The molecule has 150 valence electrons. The summed E-state index contributed by atoms with van der Waals surface area (Å²) in [6.45, 7) is 14.2. The molecule has 0 bridgehead atoms. The zero-order valence-corrected chi connectivity index (χ0v) is 17.8. The predicted molar refractivity (Wildman–Crippen MR) is 111 cm³/mol. The van der Waals surface area contributed by atoms with Crippen LogP contribution in [0.5, 0.6) is 0 Å². The summed E-state index contributed by atoms with van der Waals surface area (Å²) in [6, 6.07) is 1.57. The zero-order chi connectivity index (χ0) is 19.0. The van der Waals surface area contributed by atoms with Crippen LogP contribution in [0.4, 0.5) is 0 Å². The van der Waals surface area contributed by atoms with Gasteiger partial charge >= 0.3 is 0 Å². The van der Waals surface area contributed by atoms with Gasteiger partial charge in [-0.05, 0) is 82.4 Å². The lowest BCUT2D eigenvalue weighted by molar-refractivity contribution is -0.0625. The van der Waals surface area contributed by atoms with Gasteiger partial charge in [-0.15, -0.1) is 0 Å². The Balaban J connectivity index is 1.24. The molecule has 1 aromatic rings. The first-order valence-electron chi connectivity index (χ1n) is 11.3. The van der Waals surface area contributed by atoms with Crippen molar-refractivity contribution < 1.29 is 0 Å². The molecule has 3 aliphatic rings. The minimum absolute atomic E-state index is 0.416. The van der Waals surface area contributed by atoms with Crippen molar-refractivity contribution in [3.8, 4) is 0 Å². The molecular weight excluding hydrogens is 332 g/mol. The molecule has 4 heteroatoms. The van der Waals surface area contributed by atoms with Crippen LogP contribution in [0.1, 0.15) is 89.4 Å². The highest BCUT2D eigenvalue weighted by atomic mass is 15.2. The van der Waals surface area contributed by atoms with Gasteiger partial charge in [0, 0.05) is 43.5 Å². The summed E-state index contributed by atoms with van der Waals surface area (Å²) >= 11 is 0. The van der Waals surface area contributed by atoms with Gasteiger partial charge < -0.3 is 4.90 Å². The van der Waals surface area contributed by atoms with E-state index in [0.717, 1.165) is 17.9 Å². The van der Waals surface area contributed by atoms with E-state index in [9.17, 15) is 0 Å².